The smallest absolute Gasteiger partial charge is 0.251 e. The van der Waals surface area contributed by atoms with Gasteiger partial charge in [-0.2, -0.15) is 0 Å². The van der Waals surface area contributed by atoms with E-state index in [1.54, 1.807) is 28.9 Å². The molecule has 2 aromatic carbocycles. The average Bonchev–Trinajstić information content (AvgIpc) is 3.41. The number of carbonyl (C=O) groups excluding carboxylic acids is 2. The molecule has 2 heterocycles. The van der Waals surface area contributed by atoms with E-state index >= 15 is 0 Å². The number of halogens is 1. The molecule has 0 aliphatic carbocycles. The third kappa shape index (κ3) is 8.89. The van der Waals surface area contributed by atoms with Crippen molar-refractivity contribution >= 4 is 61.9 Å². The summed E-state index contributed by atoms with van der Waals surface area (Å²) in [5, 5.41) is 17.6. The van der Waals surface area contributed by atoms with Gasteiger partial charge in [0.05, 0.1) is 17.0 Å². The lowest BCUT2D eigenvalue weighted by Gasteiger charge is -2.46. The van der Waals surface area contributed by atoms with Gasteiger partial charge in [-0.05, 0) is 60.9 Å². The van der Waals surface area contributed by atoms with E-state index in [0.29, 0.717) is 36.7 Å². The van der Waals surface area contributed by atoms with Crippen LogP contribution in [-0.2, 0) is 38.3 Å². The lowest BCUT2D eigenvalue weighted by molar-refractivity contribution is -0.141. The van der Waals surface area contributed by atoms with E-state index in [1.165, 1.54) is 0 Å². The quantitative estimate of drug-likeness (QED) is 0.168. The van der Waals surface area contributed by atoms with Gasteiger partial charge >= 0.3 is 0 Å². The molecular formula is C31H44ClN5O5S3. The van der Waals surface area contributed by atoms with Crippen LogP contribution < -0.4 is 15.8 Å². The first-order chi connectivity index (χ1) is 21.3. The minimum Gasteiger partial charge on any atom is -0.376 e. The number of carbonyl (C=O) groups is 2. The van der Waals surface area contributed by atoms with Crippen molar-refractivity contribution in [3.05, 3.63) is 70.2 Å². The Bertz CT molecular complexity index is 1500. The molecule has 2 saturated heterocycles. The van der Waals surface area contributed by atoms with Crippen LogP contribution in [0.5, 0.6) is 0 Å². The van der Waals surface area contributed by atoms with E-state index in [4.69, 9.17) is 30.0 Å². The van der Waals surface area contributed by atoms with Crippen LogP contribution in [0.2, 0.25) is 5.02 Å². The lowest BCUT2D eigenvalue weighted by Crippen LogP contribution is -2.65. The maximum Gasteiger partial charge on any atom is 0.251 e. The summed E-state index contributed by atoms with van der Waals surface area (Å²) in [6.45, 7) is 4.81. The van der Waals surface area contributed by atoms with Crippen molar-refractivity contribution in [3.8, 4) is 0 Å². The van der Waals surface area contributed by atoms with E-state index in [0.717, 1.165) is 16.7 Å². The molecule has 5 N–H and O–H groups in total. The summed E-state index contributed by atoms with van der Waals surface area (Å²) in [4.78, 5) is 29.3. The van der Waals surface area contributed by atoms with Gasteiger partial charge in [-0.15, -0.1) is 23.3 Å². The topological polar surface area (TPSA) is 145 Å². The number of aliphatic hydroxyl groups excluding tert-OH is 1. The molecule has 0 spiro atoms. The molecular weight excluding hydrogens is 654 g/mol. The molecule has 10 nitrogen and oxygen atoms in total. The first-order valence-corrected chi connectivity index (χ1v) is 19.1. The number of nitrogens with one attached hydrogen (secondary N) is 2. The molecule has 45 heavy (non-hydrogen) atoms. The minimum atomic E-state index is -3.18. The number of nitrogens with zero attached hydrogens (tertiary/aromatic N) is 2. The summed E-state index contributed by atoms with van der Waals surface area (Å²) in [7, 11) is -3.73. The fraction of sp³-hybridized carbons (Fsp3) is 0.516. The molecule has 2 fully saturated rings. The van der Waals surface area contributed by atoms with Gasteiger partial charge in [0.15, 0.2) is 9.84 Å². The highest BCUT2D eigenvalue weighted by Crippen LogP contribution is 2.39. The molecule has 0 bridgehead atoms. The lowest BCUT2D eigenvalue weighted by atomic mass is 9.94. The molecule has 2 unspecified atom stereocenters. The van der Waals surface area contributed by atoms with Gasteiger partial charge in [-0.1, -0.05) is 48.0 Å². The van der Waals surface area contributed by atoms with E-state index in [-0.39, 0.29) is 49.4 Å². The van der Waals surface area contributed by atoms with Crippen LogP contribution in [0.1, 0.15) is 49.8 Å². The average molecular weight is 698 g/mol. The van der Waals surface area contributed by atoms with Gasteiger partial charge in [0.1, 0.15) is 11.1 Å². The van der Waals surface area contributed by atoms with Gasteiger partial charge in [0, 0.05) is 49.9 Å². The zero-order valence-electron chi connectivity index (χ0n) is 25.7. The highest BCUT2D eigenvalue weighted by Gasteiger charge is 2.52. The molecule has 0 radical (unpaired) electrons. The second-order valence-corrected chi connectivity index (χ2v) is 17.1. The van der Waals surface area contributed by atoms with E-state index in [1.807, 2.05) is 48.7 Å². The summed E-state index contributed by atoms with van der Waals surface area (Å²) in [5.41, 5.74) is 7.43. The second-order valence-electron chi connectivity index (χ2n) is 11.8. The van der Waals surface area contributed by atoms with E-state index in [9.17, 15) is 23.1 Å². The van der Waals surface area contributed by atoms with Crippen LogP contribution >= 0.6 is 34.9 Å². The highest BCUT2D eigenvalue weighted by molar-refractivity contribution is 8.12. The largest absolute Gasteiger partial charge is 0.376 e. The maximum absolute atomic E-state index is 13.8. The van der Waals surface area contributed by atoms with Crippen molar-refractivity contribution < 1.29 is 23.1 Å². The fourth-order valence-electron chi connectivity index (χ4n) is 5.81. The number of hydrogen-bond donors (Lipinski definition) is 5. The summed E-state index contributed by atoms with van der Waals surface area (Å²) in [6, 6.07) is 15.3. The van der Waals surface area contributed by atoms with Gasteiger partial charge in [0.2, 0.25) is 5.91 Å². The van der Waals surface area contributed by atoms with Crippen LogP contribution in [0.4, 0.5) is 0 Å². The summed E-state index contributed by atoms with van der Waals surface area (Å²) >= 11 is 11.1. The van der Waals surface area contributed by atoms with Crippen LogP contribution in [0.15, 0.2) is 48.5 Å². The monoisotopic (exact) mass is 697 g/mol. The third-order valence-electron chi connectivity index (χ3n) is 8.49. The zero-order valence-corrected chi connectivity index (χ0v) is 29.0. The van der Waals surface area contributed by atoms with Crippen molar-refractivity contribution in [2.24, 2.45) is 5.73 Å². The summed E-state index contributed by atoms with van der Waals surface area (Å²) in [6.07, 6.45) is -0.382. The first-order valence-electron chi connectivity index (χ1n) is 15.0. The van der Waals surface area contributed by atoms with E-state index in [2.05, 4.69) is 10.0 Å². The summed E-state index contributed by atoms with van der Waals surface area (Å²) < 4.78 is 27.6. The van der Waals surface area contributed by atoms with Crippen molar-refractivity contribution in [3.63, 3.8) is 0 Å². The Morgan fingerprint density at radius 3 is 2.51 bits per heavy atom. The van der Waals surface area contributed by atoms with Gasteiger partial charge in [-0.25, -0.2) is 8.42 Å². The van der Waals surface area contributed by atoms with Crippen molar-refractivity contribution in [1.29, 1.82) is 0 Å². The first kappa shape index (κ1) is 35.9. The Morgan fingerprint density at radius 2 is 1.87 bits per heavy atom. The number of likely N-dealkylation sites (tertiary alicyclic amines) is 1. The SMILES string of the molecule is C/C=S(/Cc1ccccc1)N[C@@](C)(CC(=O)N1CCS(=O)(=O)CC1)C(O)N1CCC[C@]1(S)C(=O)NCc1cc(Cl)ccc1CN. The Balaban J connectivity index is 1.58. The molecule has 248 valence electrons. The van der Waals surface area contributed by atoms with Gasteiger partial charge in [0.25, 0.3) is 5.91 Å². The van der Waals surface area contributed by atoms with Crippen LogP contribution in [0, 0.1) is 0 Å². The fourth-order valence-corrected chi connectivity index (χ4v) is 9.34. The van der Waals surface area contributed by atoms with Crippen molar-refractivity contribution in [2.45, 2.75) is 68.6 Å². The van der Waals surface area contributed by atoms with E-state index < -0.39 is 37.1 Å². The molecule has 2 amide bonds. The number of thiol groups is 1. The Morgan fingerprint density at radius 1 is 1.18 bits per heavy atom. The molecule has 2 aromatic rings. The highest BCUT2D eigenvalue weighted by atomic mass is 35.5. The number of aliphatic hydroxyl groups is 1. The normalized spacial score (nSPS) is 22.9. The maximum atomic E-state index is 13.8. The number of rotatable bonds is 12. The molecule has 0 aromatic heterocycles. The van der Waals surface area contributed by atoms with Crippen molar-refractivity contribution in [1.82, 2.24) is 19.8 Å². The second kappa shape index (κ2) is 15.3. The summed E-state index contributed by atoms with van der Waals surface area (Å²) in [5.74, 6) is -0.160. The Hall–Kier alpha value is -1.97. The molecule has 14 heteroatoms. The Labute approximate surface area is 279 Å². The Kier molecular flexibility index (Phi) is 12.2. The third-order valence-corrected chi connectivity index (χ3v) is 13.0. The van der Waals surface area contributed by atoms with Crippen LogP contribution in [0.25, 0.3) is 0 Å². The number of nitrogens with two attached hydrogens (primary N) is 1. The molecule has 2 aliphatic rings. The molecule has 2 aliphatic heterocycles. The molecule has 0 saturated carbocycles. The number of hydrogen-bond acceptors (Lipinski definition) is 9. The predicted molar refractivity (Wildman–Crippen MR) is 186 cm³/mol. The molecule has 4 rings (SSSR count). The molecule has 4 atom stereocenters. The number of sulfone groups is 1. The standard InChI is InChI=1S/C31H44ClN5O5S3/c1-3-44(22-23-8-5-4-6-9-23)35-30(2,19-27(38)36-14-16-45(41,42)17-15-36)29(40)37-13-7-12-31(37,43)28(39)34-21-25-18-26(32)11-10-24(25)20-33/h3-6,8-11,18,29,35,40,43H,7,12-17,19-22,33H2,1-2H3,(H,34,39)/t29?,30-,31-,44?/m0/s1. The van der Waals surface area contributed by atoms with Crippen LogP contribution in [-0.4, -0.2) is 88.3 Å². The van der Waals surface area contributed by atoms with Crippen LogP contribution in [0.3, 0.4) is 0 Å². The number of benzene rings is 2. The minimum absolute atomic E-state index is 0.0862. The number of amides is 2. The van der Waals surface area contributed by atoms with Gasteiger partial charge in [-0.3, -0.25) is 19.2 Å². The van der Waals surface area contributed by atoms with Crippen molar-refractivity contribution in [2.75, 3.05) is 31.1 Å². The van der Waals surface area contributed by atoms with Gasteiger partial charge < -0.3 is 21.1 Å². The zero-order chi connectivity index (χ0) is 32.8. The predicted octanol–water partition coefficient (Wildman–Crippen LogP) is 2.66.